The molecule has 0 fully saturated rings. The predicted octanol–water partition coefficient (Wildman–Crippen LogP) is 6.65. The summed E-state index contributed by atoms with van der Waals surface area (Å²) in [6.07, 6.45) is 3.91. The number of fused-ring (bicyclic) bond motifs is 4. The second kappa shape index (κ2) is 8.47. The first-order valence-electron chi connectivity index (χ1n) is 11.6. The molecule has 0 spiro atoms. The molecule has 0 bridgehead atoms. The number of hydrogen-bond acceptors (Lipinski definition) is 4. The Morgan fingerprint density at radius 2 is 1.88 bits per heavy atom. The molecule has 3 aromatic rings. The number of pyridine rings is 1. The molecule has 0 saturated carbocycles. The van der Waals surface area contributed by atoms with Gasteiger partial charge in [-0.15, -0.1) is 0 Å². The van der Waals surface area contributed by atoms with E-state index in [-0.39, 0.29) is 17.0 Å². The number of carbonyl (C=O) groups is 1. The maximum Gasteiger partial charge on any atom is 0.173 e. The number of hydrogen-bond donors (Lipinski definition) is 0. The first-order chi connectivity index (χ1) is 15.8. The van der Waals surface area contributed by atoms with Gasteiger partial charge in [0.2, 0.25) is 0 Å². The van der Waals surface area contributed by atoms with Crippen LogP contribution in [0.4, 0.5) is 0 Å². The number of aromatic nitrogens is 1. The molecular formula is C29H28N2OS. The quantitative estimate of drug-likeness (QED) is 0.257. The molecule has 1 heterocycles. The van der Waals surface area contributed by atoms with E-state index in [0.717, 1.165) is 36.9 Å². The van der Waals surface area contributed by atoms with Gasteiger partial charge in [-0.05, 0) is 77.0 Å². The normalized spacial score (nSPS) is 16.5. The lowest BCUT2D eigenvalue weighted by Crippen LogP contribution is -2.27. The van der Waals surface area contributed by atoms with E-state index in [4.69, 9.17) is 4.98 Å². The van der Waals surface area contributed by atoms with Crippen LogP contribution in [0, 0.1) is 22.7 Å². The predicted molar refractivity (Wildman–Crippen MR) is 134 cm³/mol. The van der Waals surface area contributed by atoms with Crippen LogP contribution in [-0.2, 0) is 19.3 Å². The highest BCUT2D eigenvalue weighted by atomic mass is 32.2. The summed E-state index contributed by atoms with van der Waals surface area (Å²) in [5.41, 5.74) is 8.90. The smallest absolute Gasteiger partial charge is 0.173 e. The zero-order valence-corrected chi connectivity index (χ0v) is 20.3. The van der Waals surface area contributed by atoms with Crippen LogP contribution in [0.25, 0.3) is 11.1 Å². The molecule has 0 radical (unpaired) electrons. The van der Waals surface area contributed by atoms with Crippen molar-refractivity contribution in [2.75, 3.05) is 5.75 Å². The van der Waals surface area contributed by atoms with Crippen molar-refractivity contribution in [3.05, 3.63) is 82.0 Å². The third kappa shape index (κ3) is 4.23. The van der Waals surface area contributed by atoms with Gasteiger partial charge < -0.3 is 0 Å². The van der Waals surface area contributed by atoms with Crippen LogP contribution in [0.2, 0.25) is 0 Å². The van der Waals surface area contributed by atoms with Crippen LogP contribution in [0.3, 0.4) is 0 Å². The van der Waals surface area contributed by atoms with E-state index in [9.17, 15) is 10.1 Å². The number of thioether (sulfide) groups is 1. The average Bonchev–Trinajstić information content (AvgIpc) is 3.18. The maximum atomic E-state index is 13.0. The van der Waals surface area contributed by atoms with Crippen molar-refractivity contribution in [2.24, 2.45) is 11.3 Å². The van der Waals surface area contributed by atoms with Crippen molar-refractivity contribution in [1.29, 1.82) is 5.26 Å². The fraction of sp³-hybridized carbons (Fsp3) is 0.345. The minimum atomic E-state index is 0.0787. The SMILES string of the molecule is CC(C)(C)[C@H]1CCc2nc(SCC(=O)c3ccc4c(c3)Cc3ccccc3-4)c(C#N)cc2C1. The van der Waals surface area contributed by atoms with Crippen molar-refractivity contribution in [3.8, 4) is 17.2 Å². The summed E-state index contributed by atoms with van der Waals surface area (Å²) in [6.45, 7) is 6.86. The number of rotatable bonds is 4. The molecule has 2 aromatic carbocycles. The minimum Gasteiger partial charge on any atom is -0.293 e. The number of aryl methyl sites for hydroxylation is 1. The fourth-order valence-corrected chi connectivity index (χ4v) is 5.98. The van der Waals surface area contributed by atoms with E-state index in [2.05, 4.69) is 57.2 Å². The van der Waals surface area contributed by atoms with E-state index in [1.807, 2.05) is 18.2 Å². The van der Waals surface area contributed by atoms with Gasteiger partial charge in [-0.3, -0.25) is 4.79 Å². The highest BCUT2D eigenvalue weighted by Crippen LogP contribution is 2.39. The van der Waals surface area contributed by atoms with Gasteiger partial charge in [0.15, 0.2) is 5.78 Å². The fourth-order valence-electron chi connectivity index (χ4n) is 5.11. The Bertz CT molecular complexity index is 1300. The van der Waals surface area contributed by atoms with Gasteiger partial charge >= 0.3 is 0 Å². The summed E-state index contributed by atoms with van der Waals surface area (Å²) in [7, 11) is 0. The number of ketones is 1. The zero-order valence-electron chi connectivity index (χ0n) is 19.4. The number of benzene rings is 2. The third-order valence-electron chi connectivity index (χ3n) is 7.15. The number of nitrogens with zero attached hydrogens (tertiary/aromatic N) is 2. The first-order valence-corrected chi connectivity index (χ1v) is 12.6. The van der Waals surface area contributed by atoms with E-state index < -0.39 is 0 Å². The lowest BCUT2D eigenvalue weighted by atomic mass is 9.71. The van der Waals surface area contributed by atoms with Crippen LogP contribution in [-0.4, -0.2) is 16.5 Å². The largest absolute Gasteiger partial charge is 0.293 e. The Labute approximate surface area is 200 Å². The molecule has 4 heteroatoms. The monoisotopic (exact) mass is 452 g/mol. The van der Waals surface area contributed by atoms with E-state index >= 15 is 0 Å². The Hall–Kier alpha value is -2.90. The molecule has 0 amide bonds. The molecule has 0 aliphatic heterocycles. The standard InChI is InChI=1S/C29H28N2OS/c1-29(2,3)23-9-11-26-21(15-23)14-22(16-30)28(31-26)33-17-27(32)19-8-10-25-20(13-19)12-18-6-4-5-7-24(18)25/h4-8,10,13-14,23H,9,11-12,15,17H2,1-3H3/t23-/m0/s1. The number of carbonyl (C=O) groups excluding carboxylic acids is 1. The third-order valence-corrected chi connectivity index (χ3v) is 8.14. The minimum absolute atomic E-state index is 0.0787. The van der Waals surface area contributed by atoms with Crippen LogP contribution in [0.15, 0.2) is 53.6 Å². The second-order valence-electron chi connectivity index (χ2n) is 10.3. The molecule has 33 heavy (non-hydrogen) atoms. The summed E-state index contributed by atoms with van der Waals surface area (Å²) >= 11 is 1.39. The van der Waals surface area contributed by atoms with Crippen molar-refractivity contribution in [2.45, 2.75) is 51.5 Å². The van der Waals surface area contributed by atoms with Crippen LogP contribution in [0.1, 0.15) is 65.5 Å². The highest BCUT2D eigenvalue weighted by molar-refractivity contribution is 8.00. The Morgan fingerprint density at radius 3 is 2.67 bits per heavy atom. The van der Waals surface area contributed by atoms with Crippen molar-refractivity contribution in [3.63, 3.8) is 0 Å². The molecule has 0 saturated heterocycles. The molecular weight excluding hydrogens is 424 g/mol. The van der Waals surface area contributed by atoms with Gasteiger partial charge in [0.1, 0.15) is 11.1 Å². The molecule has 166 valence electrons. The summed E-state index contributed by atoms with van der Waals surface area (Å²) in [5, 5.41) is 10.4. The Kier molecular flexibility index (Phi) is 5.62. The van der Waals surface area contributed by atoms with Crippen molar-refractivity contribution in [1.82, 2.24) is 4.98 Å². The van der Waals surface area contributed by atoms with Gasteiger partial charge in [0.05, 0.1) is 11.3 Å². The lowest BCUT2D eigenvalue weighted by molar-refractivity contribution is 0.102. The number of nitriles is 1. The van der Waals surface area contributed by atoms with Gasteiger partial charge in [0.25, 0.3) is 0 Å². The van der Waals surface area contributed by atoms with Crippen molar-refractivity contribution < 1.29 is 4.79 Å². The molecule has 2 aliphatic rings. The molecule has 1 atom stereocenters. The summed E-state index contributed by atoms with van der Waals surface area (Å²) in [6, 6.07) is 18.8. The average molecular weight is 453 g/mol. The van der Waals surface area contributed by atoms with Gasteiger partial charge in [-0.2, -0.15) is 5.26 Å². The van der Waals surface area contributed by atoms with Crippen LogP contribution < -0.4 is 0 Å². The Balaban J connectivity index is 1.32. The Morgan fingerprint density at radius 1 is 1.09 bits per heavy atom. The summed E-state index contributed by atoms with van der Waals surface area (Å²) < 4.78 is 0. The molecule has 3 nitrogen and oxygen atoms in total. The lowest BCUT2D eigenvalue weighted by Gasteiger charge is -2.34. The number of Topliss-reactive ketones (excluding diaryl/α,β-unsaturated/α-hetero) is 1. The van der Waals surface area contributed by atoms with E-state index in [1.165, 1.54) is 39.6 Å². The molecule has 5 rings (SSSR count). The molecule has 0 unspecified atom stereocenters. The summed E-state index contributed by atoms with van der Waals surface area (Å²) in [4.78, 5) is 17.8. The highest BCUT2D eigenvalue weighted by Gasteiger charge is 2.30. The van der Waals surface area contributed by atoms with Crippen molar-refractivity contribution >= 4 is 17.5 Å². The summed E-state index contributed by atoms with van der Waals surface area (Å²) in [5.74, 6) is 0.968. The molecule has 2 aliphatic carbocycles. The van der Waals surface area contributed by atoms with Gasteiger partial charge in [-0.1, -0.05) is 68.9 Å². The first kappa shape index (κ1) is 21.9. The van der Waals surface area contributed by atoms with E-state index in [1.54, 1.807) is 0 Å². The zero-order chi connectivity index (χ0) is 23.2. The molecule has 0 N–H and O–H groups in total. The topological polar surface area (TPSA) is 53.8 Å². The van der Waals surface area contributed by atoms with Crippen LogP contribution >= 0.6 is 11.8 Å². The second-order valence-corrected chi connectivity index (χ2v) is 11.2. The van der Waals surface area contributed by atoms with Gasteiger partial charge in [-0.25, -0.2) is 4.98 Å². The maximum absolute atomic E-state index is 13.0. The van der Waals surface area contributed by atoms with E-state index in [0.29, 0.717) is 16.5 Å². The molecule has 1 aromatic heterocycles. The van der Waals surface area contributed by atoms with Crippen LogP contribution in [0.5, 0.6) is 0 Å². The van der Waals surface area contributed by atoms with Gasteiger partial charge in [0, 0.05) is 11.3 Å².